The van der Waals surface area contributed by atoms with Crippen LogP contribution in [0.5, 0.6) is 34.5 Å². The standard InChI is InChI=1S/C37H44O18/c1-45-22-10-7-20(13-26(22)48-4)33(42)50-15-19-6-9-24(25(12-19)47-3)54-35-31(40)30(39)29(38)28(55-35)16-51-36-32(41)37(44,18-53-36)17-52-34(43)21-8-11-23(46-2)27(14-21)49-5/h6-14,28-32,35-36,38-41,44H,15-18H2,1-5H3/t28-,29-,30+,31-,32+,35-,36-,37-/m1/s1. The Morgan fingerprint density at radius 1 is 0.673 bits per heavy atom. The predicted molar refractivity (Wildman–Crippen MR) is 185 cm³/mol. The SMILES string of the molecule is COc1ccc(C(=O)OCc2ccc(O[C@@H]3O[C@H](CO[C@@H]4OC[C@](O)(COC(=O)c5ccc(OC)c(OC)c5)[C@H]4O)[C@@H](O)[C@H](O)[C@H]3O)c(OC)c2)cc1OC. The van der Waals surface area contributed by atoms with E-state index in [0.717, 1.165) is 0 Å². The van der Waals surface area contributed by atoms with Gasteiger partial charge in [0.2, 0.25) is 6.29 Å². The molecule has 8 atom stereocenters. The highest BCUT2D eigenvalue weighted by Gasteiger charge is 2.51. The summed E-state index contributed by atoms with van der Waals surface area (Å²) >= 11 is 0. The normalized spacial score (nSPS) is 26.1. The number of esters is 2. The smallest absolute Gasteiger partial charge is 0.338 e. The Hall–Kier alpha value is -4.92. The zero-order valence-corrected chi connectivity index (χ0v) is 30.6. The van der Waals surface area contributed by atoms with Gasteiger partial charge in [-0.15, -0.1) is 0 Å². The van der Waals surface area contributed by atoms with Crippen molar-refractivity contribution in [3.8, 4) is 34.5 Å². The fourth-order valence-corrected chi connectivity index (χ4v) is 5.72. The van der Waals surface area contributed by atoms with Gasteiger partial charge in [-0.3, -0.25) is 0 Å². The molecule has 0 amide bonds. The van der Waals surface area contributed by atoms with Gasteiger partial charge in [0.25, 0.3) is 0 Å². The van der Waals surface area contributed by atoms with E-state index in [1.54, 1.807) is 12.1 Å². The first-order valence-corrected chi connectivity index (χ1v) is 16.8. The molecule has 2 saturated heterocycles. The van der Waals surface area contributed by atoms with Crippen LogP contribution in [0.25, 0.3) is 0 Å². The molecular weight excluding hydrogens is 732 g/mol. The third-order valence-electron chi connectivity index (χ3n) is 8.93. The molecule has 3 aromatic carbocycles. The molecule has 0 bridgehead atoms. The molecule has 3 aromatic rings. The van der Waals surface area contributed by atoms with Gasteiger partial charge in [0.05, 0.1) is 59.9 Å². The van der Waals surface area contributed by atoms with Crippen LogP contribution < -0.4 is 28.4 Å². The quantitative estimate of drug-likeness (QED) is 0.125. The van der Waals surface area contributed by atoms with E-state index in [0.29, 0.717) is 22.8 Å². The van der Waals surface area contributed by atoms with E-state index >= 15 is 0 Å². The molecule has 18 heteroatoms. The van der Waals surface area contributed by atoms with Crippen LogP contribution in [0.1, 0.15) is 26.3 Å². The second kappa shape index (κ2) is 18.1. The highest BCUT2D eigenvalue weighted by Crippen LogP contribution is 2.34. The number of aliphatic hydroxyl groups is 5. The average molecular weight is 777 g/mol. The maximum absolute atomic E-state index is 12.7. The average Bonchev–Trinajstić information content (AvgIpc) is 3.50. The number of hydrogen-bond acceptors (Lipinski definition) is 18. The van der Waals surface area contributed by atoms with Crippen molar-refractivity contribution in [1.82, 2.24) is 0 Å². The van der Waals surface area contributed by atoms with E-state index in [2.05, 4.69) is 0 Å². The molecule has 2 heterocycles. The number of carbonyl (C=O) groups is 2. The van der Waals surface area contributed by atoms with Gasteiger partial charge in [-0.25, -0.2) is 9.59 Å². The van der Waals surface area contributed by atoms with Crippen molar-refractivity contribution in [2.45, 2.75) is 55.3 Å². The van der Waals surface area contributed by atoms with Crippen molar-refractivity contribution < 1.29 is 87.2 Å². The molecule has 5 N–H and O–H groups in total. The van der Waals surface area contributed by atoms with E-state index in [1.807, 2.05) is 0 Å². The van der Waals surface area contributed by atoms with Gasteiger partial charge < -0.3 is 77.6 Å². The number of ether oxygens (including phenoxy) is 11. The largest absolute Gasteiger partial charge is 0.493 e. The number of rotatable bonds is 16. The molecule has 0 radical (unpaired) electrons. The van der Waals surface area contributed by atoms with Crippen LogP contribution in [-0.2, 0) is 30.3 Å². The molecule has 5 rings (SSSR count). The molecule has 300 valence electrons. The fourth-order valence-electron chi connectivity index (χ4n) is 5.72. The molecule has 2 aliphatic rings. The molecule has 0 unspecified atom stereocenters. The predicted octanol–water partition coefficient (Wildman–Crippen LogP) is 0.595. The van der Waals surface area contributed by atoms with Crippen LogP contribution in [0.3, 0.4) is 0 Å². The lowest BCUT2D eigenvalue weighted by molar-refractivity contribution is -0.289. The van der Waals surface area contributed by atoms with E-state index in [-0.39, 0.29) is 35.0 Å². The summed E-state index contributed by atoms with van der Waals surface area (Å²) < 4.78 is 59.5. The van der Waals surface area contributed by atoms with Gasteiger partial charge in [0.1, 0.15) is 43.7 Å². The van der Waals surface area contributed by atoms with Crippen LogP contribution >= 0.6 is 0 Å². The highest BCUT2D eigenvalue weighted by molar-refractivity contribution is 5.90. The molecular formula is C37H44O18. The summed E-state index contributed by atoms with van der Waals surface area (Å²) in [7, 11) is 7.13. The van der Waals surface area contributed by atoms with E-state index in [1.165, 1.54) is 78.0 Å². The Balaban J connectivity index is 1.16. The van der Waals surface area contributed by atoms with E-state index in [4.69, 9.17) is 52.1 Å². The lowest BCUT2D eigenvalue weighted by Gasteiger charge is -2.40. The topological polar surface area (TPSA) is 237 Å². The maximum Gasteiger partial charge on any atom is 0.338 e. The summed E-state index contributed by atoms with van der Waals surface area (Å²) in [6.45, 7) is -1.78. The van der Waals surface area contributed by atoms with E-state index in [9.17, 15) is 35.1 Å². The Morgan fingerprint density at radius 3 is 1.80 bits per heavy atom. The second-order valence-corrected chi connectivity index (χ2v) is 12.5. The minimum atomic E-state index is -2.06. The lowest BCUT2D eigenvalue weighted by Crippen LogP contribution is -2.60. The molecule has 2 fully saturated rings. The third-order valence-corrected chi connectivity index (χ3v) is 8.93. The molecule has 18 nitrogen and oxygen atoms in total. The van der Waals surface area contributed by atoms with Crippen molar-refractivity contribution in [3.05, 3.63) is 71.3 Å². The number of benzene rings is 3. The fraction of sp³-hybridized carbons (Fsp3) is 0.459. The summed E-state index contributed by atoms with van der Waals surface area (Å²) in [5.41, 5.74) is -1.19. The Labute approximate surface area is 315 Å². The highest BCUT2D eigenvalue weighted by atomic mass is 16.7. The molecule has 0 aliphatic carbocycles. The van der Waals surface area contributed by atoms with Crippen molar-refractivity contribution in [1.29, 1.82) is 0 Å². The first-order valence-electron chi connectivity index (χ1n) is 16.8. The van der Waals surface area contributed by atoms with Gasteiger partial charge in [-0.05, 0) is 54.1 Å². The molecule has 0 aromatic heterocycles. The van der Waals surface area contributed by atoms with Crippen LogP contribution in [0.15, 0.2) is 54.6 Å². The van der Waals surface area contributed by atoms with Gasteiger partial charge in [0, 0.05) is 0 Å². The van der Waals surface area contributed by atoms with Crippen LogP contribution in [0.4, 0.5) is 0 Å². The van der Waals surface area contributed by atoms with Gasteiger partial charge in [0.15, 0.2) is 46.4 Å². The minimum Gasteiger partial charge on any atom is -0.493 e. The number of hydrogen-bond donors (Lipinski definition) is 5. The summed E-state index contributed by atoms with van der Waals surface area (Å²) in [6, 6.07) is 13.5. The van der Waals surface area contributed by atoms with Gasteiger partial charge in [-0.2, -0.15) is 0 Å². The van der Waals surface area contributed by atoms with Gasteiger partial charge >= 0.3 is 11.9 Å². The zero-order chi connectivity index (χ0) is 39.9. The zero-order valence-electron chi connectivity index (χ0n) is 30.6. The first kappa shape index (κ1) is 41.2. The van der Waals surface area contributed by atoms with Gasteiger partial charge in [-0.1, -0.05) is 6.07 Å². The minimum absolute atomic E-state index is 0.0759. The number of carbonyl (C=O) groups excluding carboxylic acids is 2. The first-order chi connectivity index (χ1) is 26.4. The summed E-state index contributed by atoms with van der Waals surface area (Å²) in [5.74, 6) is 0.296. The molecule has 2 aliphatic heterocycles. The van der Waals surface area contributed by atoms with Crippen LogP contribution in [0.2, 0.25) is 0 Å². The van der Waals surface area contributed by atoms with Crippen LogP contribution in [0, 0.1) is 0 Å². The Morgan fingerprint density at radius 2 is 1.22 bits per heavy atom. The van der Waals surface area contributed by atoms with Crippen molar-refractivity contribution in [2.75, 3.05) is 55.4 Å². The van der Waals surface area contributed by atoms with Crippen molar-refractivity contribution in [3.63, 3.8) is 0 Å². The summed E-state index contributed by atoms with van der Waals surface area (Å²) in [4.78, 5) is 25.4. The molecule has 0 saturated carbocycles. The number of aliphatic hydroxyl groups excluding tert-OH is 4. The Kier molecular flexibility index (Phi) is 13.6. The Bertz CT molecular complexity index is 1780. The summed E-state index contributed by atoms with van der Waals surface area (Å²) in [6.07, 6.45) is -11.2. The molecule has 0 spiro atoms. The van der Waals surface area contributed by atoms with E-state index < -0.39 is 80.5 Å². The molecule has 55 heavy (non-hydrogen) atoms. The van der Waals surface area contributed by atoms with Crippen LogP contribution in [-0.4, -0.2) is 142 Å². The van der Waals surface area contributed by atoms with Crippen molar-refractivity contribution in [2.24, 2.45) is 0 Å². The lowest BCUT2D eigenvalue weighted by atomic mass is 9.99. The van der Waals surface area contributed by atoms with Crippen molar-refractivity contribution >= 4 is 11.9 Å². The second-order valence-electron chi connectivity index (χ2n) is 12.5. The third kappa shape index (κ3) is 9.31. The summed E-state index contributed by atoms with van der Waals surface area (Å²) in [5, 5.41) is 53.8. The maximum atomic E-state index is 12.7. The number of methoxy groups -OCH3 is 5. The monoisotopic (exact) mass is 776 g/mol.